The third-order valence-corrected chi connectivity index (χ3v) is 0. The third-order valence-electron chi connectivity index (χ3n) is 0. The van der Waals surface area contributed by atoms with Gasteiger partial charge in [0.1, 0.15) is 0 Å². The van der Waals surface area contributed by atoms with Crippen molar-refractivity contribution in [2.75, 3.05) is 0 Å². The molecule has 0 heterocycles. The summed E-state index contributed by atoms with van der Waals surface area (Å²) in [6, 6.07) is 0. The van der Waals surface area contributed by atoms with Crippen LogP contribution in [0.2, 0.25) is 0 Å². The van der Waals surface area contributed by atoms with Gasteiger partial charge in [0.25, 0.3) is 0 Å². The van der Waals surface area contributed by atoms with Gasteiger partial charge in [0.15, 0.2) is 0 Å². The van der Waals surface area contributed by atoms with E-state index in [0.29, 0.717) is 0 Å². The first-order valence-corrected chi connectivity index (χ1v) is 6.15. The molecule has 0 aromatic rings. The zero-order valence-electron chi connectivity index (χ0n) is 4.86. The van der Waals surface area contributed by atoms with Crippen LogP contribution >= 0.6 is 0 Å². The molecule has 0 aromatic heterocycles. The molecule has 0 aromatic carbocycles. The van der Waals surface area contributed by atoms with Crippen molar-refractivity contribution in [1.82, 2.24) is 0 Å². The van der Waals surface area contributed by atoms with E-state index in [0.717, 1.165) is 0 Å². The minimum atomic E-state index is -4.29. The normalized spacial score (nSPS) is 5.20. The largest absolute Gasteiger partial charge is 2.00 e. The van der Waals surface area contributed by atoms with Gasteiger partial charge in [0, 0.05) is 0 Å². The van der Waals surface area contributed by atoms with Gasteiger partial charge in [-0.05, 0) is 0 Å². The molecule has 0 bridgehead atoms. The summed E-state index contributed by atoms with van der Waals surface area (Å²) < 4.78 is 51.6. The van der Waals surface area contributed by atoms with Crippen molar-refractivity contribution in [1.29, 1.82) is 0 Å². The van der Waals surface area contributed by atoms with E-state index < -0.39 is 41.3 Å². The van der Waals surface area contributed by atoms with Crippen LogP contribution in [0.15, 0.2) is 0 Å². The maximum Gasteiger partial charge on any atom is 2.00 e. The van der Waals surface area contributed by atoms with Crippen LogP contribution in [-0.2, 0) is 86.3 Å². The van der Waals surface area contributed by atoms with Gasteiger partial charge in [-0.25, -0.2) is 0 Å². The van der Waals surface area contributed by atoms with Crippen LogP contribution in [0.5, 0.6) is 0 Å². The SMILES string of the molecule is [O]=[Ti]([O-])[O-].[O]=[Zr]([O-])[O-].[Zn+2].[Zn+2]. The van der Waals surface area contributed by atoms with E-state index in [4.69, 9.17) is 19.9 Å². The summed E-state index contributed by atoms with van der Waals surface area (Å²) in [5, 5.41) is 0. The number of hydrogen-bond acceptors (Lipinski definition) is 6. The van der Waals surface area contributed by atoms with E-state index >= 15 is 0 Å². The molecule has 0 aliphatic rings. The average Bonchev–Trinajstić information content (AvgIpc) is 1.25. The molecular formula is O6TiZn2Zr. The summed E-state index contributed by atoms with van der Waals surface area (Å²) in [6.07, 6.45) is 0. The molecule has 0 N–H and O–H groups in total. The summed E-state index contributed by atoms with van der Waals surface area (Å²) >= 11 is -8.38. The Kier molecular flexibility index (Phi) is 39.6. The van der Waals surface area contributed by atoms with Crippen molar-refractivity contribution in [2.24, 2.45) is 0 Å². The molecule has 10 heavy (non-hydrogen) atoms. The predicted octanol–water partition coefficient (Wildman–Crippen LogP) is -5.00. The van der Waals surface area contributed by atoms with Gasteiger partial charge in [-0.15, -0.1) is 0 Å². The van der Waals surface area contributed by atoms with Gasteiger partial charge in [0.2, 0.25) is 0 Å². The van der Waals surface area contributed by atoms with Crippen molar-refractivity contribution < 1.29 is 100 Å². The van der Waals surface area contributed by atoms with Crippen molar-refractivity contribution in [2.45, 2.75) is 0 Å². The van der Waals surface area contributed by atoms with Crippen LogP contribution in [0.1, 0.15) is 0 Å². The second-order valence-corrected chi connectivity index (χ2v) is 2.51. The minimum Gasteiger partial charge on any atom is 2.00 e. The molecule has 0 fully saturated rings. The molecule has 0 spiro atoms. The summed E-state index contributed by atoms with van der Waals surface area (Å²) in [6.45, 7) is 0. The van der Waals surface area contributed by atoms with E-state index in [1.807, 2.05) is 0 Å². The second kappa shape index (κ2) is 17.4. The molecule has 0 amide bonds. The van der Waals surface area contributed by atoms with Gasteiger partial charge in [-0.1, -0.05) is 0 Å². The molecule has 0 radical (unpaired) electrons. The molecule has 6 nitrogen and oxygen atoms in total. The van der Waals surface area contributed by atoms with E-state index in [2.05, 4.69) is 0 Å². The molecule has 0 saturated carbocycles. The molecule has 0 atom stereocenters. The van der Waals surface area contributed by atoms with E-state index in [1.165, 1.54) is 0 Å². The predicted molar refractivity (Wildman–Crippen MR) is 1.37 cm³/mol. The fourth-order valence-corrected chi connectivity index (χ4v) is 0. The summed E-state index contributed by atoms with van der Waals surface area (Å²) in [5.74, 6) is 0. The zero-order valence-corrected chi connectivity index (χ0v) is 14.8. The summed E-state index contributed by atoms with van der Waals surface area (Å²) in [5.41, 5.74) is 0. The molecule has 48 valence electrons. The maximum absolute atomic E-state index is 8.61. The molecule has 0 aliphatic carbocycles. The molecule has 0 unspecified atom stereocenters. The van der Waals surface area contributed by atoms with Gasteiger partial charge in [0.05, 0.1) is 0 Å². The second-order valence-electron chi connectivity index (χ2n) is 0.500. The fourth-order valence-electron chi connectivity index (χ4n) is 0. The molecule has 0 saturated heterocycles. The van der Waals surface area contributed by atoms with Crippen LogP contribution in [0.25, 0.3) is 0 Å². The zero-order chi connectivity index (χ0) is 7.15. The molecule has 0 rings (SSSR count). The van der Waals surface area contributed by atoms with Crippen LogP contribution in [0.4, 0.5) is 0 Å². The van der Waals surface area contributed by atoms with Crippen LogP contribution in [0, 0.1) is 0 Å². The first-order chi connectivity index (χ1) is 3.46. The van der Waals surface area contributed by atoms with Gasteiger partial charge < -0.3 is 0 Å². The smallest absolute Gasteiger partial charge is 2.00 e. The monoisotopic (exact) mass is 362 g/mol. The van der Waals surface area contributed by atoms with Crippen molar-refractivity contribution in [3.63, 3.8) is 0 Å². The number of hydrogen-bond donors (Lipinski definition) is 0. The Morgan fingerprint density at radius 1 is 1.10 bits per heavy atom. The van der Waals surface area contributed by atoms with Gasteiger partial charge in [-0.2, -0.15) is 0 Å². The summed E-state index contributed by atoms with van der Waals surface area (Å²) in [4.78, 5) is 0. The molecule has 0 aliphatic heterocycles. The first kappa shape index (κ1) is 22.8. The van der Waals surface area contributed by atoms with Crippen LogP contribution in [0.3, 0.4) is 0 Å². The minimum absolute atomic E-state index is 0. The van der Waals surface area contributed by atoms with Crippen molar-refractivity contribution in [3.8, 4) is 0 Å². The van der Waals surface area contributed by atoms with E-state index in [-0.39, 0.29) is 39.0 Å². The van der Waals surface area contributed by atoms with Crippen molar-refractivity contribution >= 4 is 0 Å². The quantitative estimate of drug-likeness (QED) is 0.395. The van der Waals surface area contributed by atoms with Gasteiger partial charge in [-0.3, -0.25) is 0 Å². The van der Waals surface area contributed by atoms with Crippen LogP contribution in [-0.4, -0.2) is 0 Å². The summed E-state index contributed by atoms with van der Waals surface area (Å²) in [7, 11) is 0. The fraction of sp³-hybridized carbons (Fsp3) is 0. The Morgan fingerprint density at radius 3 is 1.10 bits per heavy atom. The van der Waals surface area contributed by atoms with Crippen LogP contribution < -0.4 is 13.7 Å². The van der Waals surface area contributed by atoms with Crippen molar-refractivity contribution in [3.05, 3.63) is 0 Å². The Hall–Kier alpha value is 2.28. The van der Waals surface area contributed by atoms with E-state index in [9.17, 15) is 0 Å². The molecule has 10 heteroatoms. The topological polar surface area (TPSA) is 126 Å². The van der Waals surface area contributed by atoms with Gasteiger partial charge >= 0.3 is 100 Å². The standard InChI is InChI=1S/6O.Ti.2Zn.Zr/q;;4*-1;;2*+2;. The first-order valence-electron chi connectivity index (χ1n) is 1.22. The Balaban J connectivity index is -0.0000000300. The van der Waals surface area contributed by atoms with E-state index in [1.54, 1.807) is 0 Å². The third kappa shape index (κ3) is 170. The number of rotatable bonds is 0. The Labute approximate surface area is 98.6 Å². The molecular weight excluding hydrogens is 366 g/mol. The Bertz CT molecular complexity index is 73.7. The average molecular weight is 366 g/mol. The Morgan fingerprint density at radius 2 is 1.10 bits per heavy atom. The maximum atomic E-state index is 8.61.